The molecule has 0 spiro atoms. The molecule has 1 atom stereocenters. The predicted molar refractivity (Wildman–Crippen MR) is 72.2 cm³/mol. The van der Waals surface area contributed by atoms with Crippen LogP contribution in [0.5, 0.6) is 0 Å². The van der Waals surface area contributed by atoms with E-state index in [1.54, 1.807) is 12.1 Å². The summed E-state index contributed by atoms with van der Waals surface area (Å²) >= 11 is 0. The third kappa shape index (κ3) is 4.06. The Balaban J connectivity index is 1.90. The van der Waals surface area contributed by atoms with E-state index < -0.39 is 5.97 Å². The lowest BCUT2D eigenvalue weighted by molar-refractivity contribution is -0.117. The summed E-state index contributed by atoms with van der Waals surface area (Å²) in [4.78, 5) is 22.7. The number of benzene rings is 1. The molecule has 0 aromatic heterocycles. The van der Waals surface area contributed by atoms with Crippen LogP contribution in [0.1, 0.15) is 29.6 Å². The van der Waals surface area contributed by atoms with Crippen molar-refractivity contribution in [3.8, 4) is 0 Å². The fourth-order valence-corrected chi connectivity index (χ4v) is 2.30. The standard InChI is InChI=1S/C14H18N2O3/c17-13(7-10-3-2-6-15-9-10)16-12-5-1-4-11(8-12)14(18)19/h1,4-5,8,10,15H,2-3,6-7,9H2,(H,16,17)(H,18,19). The van der Waals surface area contributed by atoms with Gasteiger partial charge in [0.2, 0.25) is 5.91 Å². The van der Waals surface area contributed by atoms with E-state index in [0.29, 0.717) is 18.0 Å². The van der Waals surface area contributed by atoms with Gasteiger partial charge in [-0.15, -0.1) is 0 Å². The van der Waals surface area contributed by atoms with E-state index in [0.717, 1.165) is 25.9 Å². The van der Waals surface area contributed by atoms with E-state index in [1.165, 1.54) is 12.1 Å². The average Bonchev–Trinajstić information content (AvgIpc) is 2.40. The maximum atomic E-state index is 11.9. The van der Waals surface area contributed by atoms with E-state index in [1.807, 2.05) is 0 Å². The van der Waals surface area contributed by atoms with Gasteiger partial charge < -0.3 is 15.7 Å². The molecule has 0 aliphatic carbocycles. The second-order valence-electron chi connectivity index (χ2n) is 4.85. The summed E-state index contributed by atoms with van der Waals surface area (Å²) in [7, 11) is 0. The highest BCUT2D eigenvalue weighted by molar-refractivity contribution is 5.93. The molecule has 1 amide bonds. The Bertz CT molecular complexity index is 468. The molecule has 19 heavy (non-hydrogen) atoms. The van der Waals surface area contributed by atoms with Gasteiger partial charge in [-0.2, -0.15) is 0 Å². The highest BCUT2D eigenvalue weighted by Gasteiger charge is 2.16. The number of rotatable bonds is 4. The number of piperidine rings is 1. The summed E-state index contributed by atoms with van der Waals surface area (Å²) in [6.07, 6.45) is 2.65. The number of aromatic carboxylic acids is 1. The number of carboxylic acids is 1. The normalized spacial score (nSPS) is 18.8. The van der Waals surface area contributed by atoms with Gasteiger partial charge in [-0.1, -0.05) is 6.07 Å². The molecule has 1 fully saturated rings. The first-order chi connectivity index (χ1) is 9.15. The number of hydrogen-bond donors (Lipinski definition) is 3. The Labute approximate surface area is 112 Å². The van der Waals surface area contributed by atoms with Gasteiger partial charge in [-0.3, -0.25) is 4.79 Å². The number of nitrogens with one attached hydrogen (secondary N) is 2. The molecule has 0 radical (unpaired) electrons. The van der Waals surface area contributed by atoms with Crippen LogP contribution in [0, 0.1) is 5.92 Å². The molecule has 0 saturated carbocycles. The van der Waals surface area contributed by atoms with E-state index in [4.69, 9.17) is 5.11 Å². The Morgan fingerprint density at radius 2 is 2.26 bits per heavy atom. The van der Waals surface area contributed by atoms with E-state index in [-0.39, 0.29) is 11.5 Å². The summed E-state index contributed by atoms with van der Waals surface area (Å²) in [5.41, 5.74) is 0.714. The monoisotopic (exact) mass is 262 g/mol. The lowest BCUT2D eigenvalue weighted by Crippen LogP contribution is -2.32. The molecule has 2 rings (SSSR count). The topological polar surface area (TPSA) is 78.4 Å². The molecule has 1 aromatic carbocycles. The molecular weight excluding hydrogens is 244 g/mol. The van der Waals surface area contributed by atoms with Crippen molar-refractivity contribution in [1.29, 1.82) is 0 Å². The fraction of sp³-hybridized carbons (Fsp3) is 0.429. The molecule has 1 unspecified atom stereocenters. The smallest absolute Gasteiger partial charge is 0.335 e. The van der Waals surface area contributed by atoms with Crippen LogP contribution in [0.15, 0.2) is 24.3 Å². The molecule has 1 heterocycles. The highest BCUT2D eigenvalue weighted by Crippen LogP contribution is 2.16. The summed E-state index contributed by atoms with van der Waals surface area (Å²) in [5.74, 6) is -0.680. The van der Waals surface area contributed by atoms with Crippen molar-refractivity contribution in [2.24, 2.45) is 5.92 Å². The molecule has 0 bridgehead atoms. The predicted octanol–water partition coefficient (Wildman–Crippen LogP) is 1.71. The van der Waals surface area contributed by atoms with Crippen LogP contribution in [0.2, 0.25) is 0 Å². The number of amides is 1. The van der Waals surface area contributed by atoms with E-state index >= 15 is 0 Å². The first kappa shape index (κ1) is 13.5. The van der Waals surface area contributed by atoms with Crippen molar-refractivity contribution in [2.75, 3.05) is 18.4 Å². The first-order valence-corrected chi connectivity index (χ1v) is 6.49. The van der Waals surface area contributed by atoms with Crippen LogP contribution in [0.25, 0.3) is 0 Å². The third-order valence-electron chi connectivity index (χ3n) is 3.27. The summed E-state index contributed by atoms with van der Waals surface area (Å²) in [5, 5.41) is 14.9. The Kier molecular flexibility index (Phi) is 4.52. The van der Waals surface area contributed by atoms with Crippen molar-refractivity contribution >= 4 is 17.6 Å². The van der Waals surface area contributed by atoms with E-state index in [2.05, 4.69) is 10.6 Å². The van der Waals surface area contributed by atoms with Crippen LogP contribution in [-0.4, -0.2) is 30.1 Å². The second-order valence-corrected chi connectivity index (χ2v) is 4.85. The molecule has 5 nitrogen and oxygen atoms in total. The summed E-state index contributed by atoms with van der Waals surface area (Å²) in [6.45, 7) is 1.90. The van der Waals surface area contributed by atoms with Crippen LogP contribution < -0.4 is 10.6 Å². The largest absolute Gasteiger partial charge is 0.478 e. The summed E-state index contributed by atoms with van der Waals surface area (Å²) < 4.78 is 0. The molecule has 3 N–H and O–H groups in total. The lowest BCUT2D eigenvalue weighted by Gasteiger charge is -2.22. The molecule has 1 saturated heterocycles. The SMILES string of the molecule is O=C(CC1CCCNC1)Nc1cccc(C(=O)O)c1. The minimum atomic E-state index is -0.993. The third-order valence-corrected chi connectivity index (χ3v) is 3.27. The van der Waals surface area contributed by atoms with Crippen molar-refractivity contribution in [1.82, 2.24) is 5.32 Å². The number of anilines is 1. The first-order valence-electron chi connectivity index (χ1n) is 6.49. The molecule has 102 valence electrons. The number of carbonyl (C=O) groups is 2. The Hall–Kier alpha value is -1.88. The molecular formula is C14H18N2O3. The number of carbonyl (C=O) groups excluding carboxylic acids is 1. The zero-order chi connectivity index (χ0) is 13.7. The van der Waals surface area contributed by atoms with Crippen LogP contribution in [0.4, 0.5) is 5.69 Å². The molecule has 1 aliphatic rings. The van der Waals surface area contributed by atoms with Crippen molar-refractivity contribution in [2.45, 2.75) is 19.3 Å². The second kappa shape index (κ2) is 6.33. The Morgan fingerprint density at radius 1 is 1.42 bits per heavy atom. The summed E-state index contributed by atoms with van der Waals surface area (Å²) in [6, 6.07) is 6.30. The fourth-order valence-electron chi connectivity index (χ4n) is 2.30. The zero-order valence-corrected chi connectivity index (χ0v) is 10.7. The maximum Gasteiger partial charge on any atom is 0.335 e. The Morgan fingerprint density at radius 3 is 2.95 bits per heavy atom. The highest BCUT2D eigenvalue weighted by atomic mass is 16.4. The zero-order valence-electron chi connectivity index (χ0n) is 10.7. The van der Waals surface area contributed by atoms with Gasteiger partial charge in [0, 0.05) is 12.1 Å². The quantitative estimate of drug-likeness (QED) is 0.772. The minimum absolute atomic E-state index is 0.0590. The van der Waals surface area contributed by atoms with Gasteiger partial charge in [0.1, 0.15) is 0 Å². The van der Waals surface area contributed by atoms with Gasteiger partial charge in [-0.05, 0) is 50.0 Å². The molecule has 5 heteroatoms. The lowest BCUT2D eigenvalue weighted by atomic mass is 9.96. The maximum absolute atomic E-state index is 11.9. The van der Waals surface area contributed by atoms with Crippen LogP contribution in [-0.2, 0) is 4.79 Å². The van der Waals surface area contributed by atoms with Gasteiger partial charge in [-0.25, -0.2) is 4.79 Å². The van der Waals surface area contributed by atoms with Gasteiger partial charge in [0.25, 0.3) is 0 Å². The van der Waals surface area contributed by atoms with Crippen molar-refractivity contribution < 1.29 is 14.7 Å². The number of carboxylic acid groups (broad SMARTS) is 1. The van der Waals surface area contributed by atoms with E-state index in [9.17, 15) is 9.59 Å². The average molecular weight is 262 g/mol. The van der Waals surface area contributed by atoms with Crippen molar-refractivity contribution in [3.05, 3.63) is 29.8 Å². The molecule has 1 aliphatic heterocycles. The van der Waals surface area contributed by atoms with Crippen LogP contribution in [0.3, 0.4) is 0 Å². The van der Waals surface area contributed by atoms with Gasteiger partial charge in [0.05, 0.1) is 5.56 Å². The van der Waals surface area contributed by atoms with Crippen molar-refractivity contribution in [3.63, 3.8) is 0 Å². The van der Waals surface area contributed by atoms with Crippen LogP contribution >= 0.6 is 0 Å². The molecule has 1 aromatic rings. The van der Waals surface area contributed by atoms with Gasteiger partial charge in [0.15, 0.2) is 0 Å². The van der Waals surface area contributed by atoms with Gasteiger partial charge >= 0.3 is 5.97 Å². The minimum Gasteiger partial charge on any atom is -0.478 e. The number of hydrogen-bond acceptors (Lipinski definition) is 3.